The van der Waals surface area contributed by atoms with Gasteiger partial charge in [-0.05, 0) is 37.1 Å². The van der Waals surface area contributed by atoms with Crippen molar-refractivity contribution in [2.75, 3.05) is 14.2 Å². The standard InChI is InChI=1S/C23H29ClNO2/c1-5-6-7-11-20-18-15-23(27-4)22(26-3)14-17(18)13-16(2)25(20)21-12-9-8-10-19(21)24/h8-10,12,14-16H,5-7,11,13H2,1-4H3/q+1. The average Bonchev–Trinajstić information content (AvgIpc) is 2.68. The zero-order valence-electron chi connectivity index (χ0n) is 16.7. The van der Waals surface area contributed by atoms with Crippen molar-refractivity contribution in [1.29, 1.82) is 0 Å². The molecule has 0 radical (unpaired) electrons. The van der Waals surface area contributed by atoms with E-state index in [1.165, 1.54) is 29.7 Å². The molecule has 0 spiro atoms. The number of para-hydroxylation sites is 1. The first kappa shape index (κ1) is 19.8. The highest BCUT2D eigenvalue weighted by atomic mass is 35.5. The van der Waals surface area contributed by atoms with E-state index in [1.807, 2.05) is 12.1 Å². The summed E-state index contributed by atoms with van der Waals surface area (Å²) >= 11 is 6.58. The first-order chi connectivity index (χ1) is 13.1. The molecular weight excluding hydrogens is 358 g/mol. The molecule has 1 aliphatic rings. The molecule has 4 heteroatoms. The fraction of sp³-hybridized carbons (Fsp3) is 0.435. The van der Waals surface area contributed by atoms with Gasteiger partial charge >= 0.3 is 0 Å². The SMILES string of the molecule is CCCCCC1=[N+](c2ccccc2Cl)C(C)Cc2cc(OC)c(OC)cc21. The highest BCUT2D eigenvalue weighted by molar-refractivity contribution is 6.32. The molecule has 3 rings (SSSR count). The Balaban J connectivity index is 2.20. The van der Waals surface area contributed by atoms with Gasteiger partial charge in [0.15, 0.2) is 23.3 Å². The lowest BCUT2D eigenvalue weighted by molar-refractivity contribution is -0.482. The van der Waals surface area contributed by atoms with Crippen molar-refractivity contribution < 1.29 is 14.0 Å². The van der Waals surface area contributed by atoms with Crippen LogP contribution in [0.1, 0.15) is 50.7 Å². The van der Waals surface area contributed by atoms with Gasteiger partial charge in [-0.1, -0.05) is 43.5 Å². The van der Waals surface area contributed by atoms with E-state index in [0.29, 0.717) is 6.04 Å². The number of hydrogen-bond acceptors (Lipinski definition) is 2. The molecule has 0 saturated carbocycles. The van der Waals surface area contributed by atoms with Crippen LogP contribution in [0.25, 0.3) is 0 Å². The van der Waals surface area contributed by atoms with Crippen LogP contribution in [0.4, 0.5) is 5.69 Å². The van der Waals surface area contributed by atoms with Crippen molar-refractivity contribution >= 4 is 23.0 Å². The fourth-order valence-corrected chi connectivity index (χ4v) is 4.22. The number of halogens is 1. The Morgan fingerprint density at radius 1 is 1.07 bits per heavy atom. The molecule has 3 nitrogen and oxygen atoms in total. The van der Waals surface area contributed by atoms with Crippen molar-refractivity contribution in [3.63, 3.8) is 0 Å². The van der Waals surface area contributed by atoms with Gasteiger partial charge in [-0.3, -0.25) is 0 Å². The summed E-state index contributed by atoms with van der Waals surface area (Å²) in [7, 11) is 3.39. The first-order valence-electron chi connectivity index (χ1n) is 9.75. The molecule has 1 atom stereocenters. The van der Waals surface area contributed by atoms with Crippen LogP contribution in [-0.2, 0) is 6.42 Å². The van der Waals surface area contributed by atoms with Gasteiger partial charge in [-0.25, -0.2) is 0 Å². The molecule has 0 N–H and O–H groups in total. The third-order valence-electron chi connectivity index (χ3n) is 5.30. The normalized spacial score (nSPS) is 16.3. The first-order valence-corrected chi connectivity index (χ1v) is 10.1. The summed E-state index contributed by atoms with van der Waals surface area (Å²) in [6.07, 6.45) is 5.54. The summed E-state index contributed by atoms with van der Waals surface area (Å²) in [6, 6.07) is 12.7. The largest absolute Gasteiger partial charge is 0.493 e. The second-order valence-electron chi connectivity index (χ2n) is 7.14. The van der Waals surface area contributed by atoms with E-state index in [4.69, 9.17) is 21.1 Å². The molecule has 1 unspecified atom stereocenters. The molecule has 0 saturated heterocycles. The summed E-state index contributed by atoms with van der Waals surface area (Å²) < 4.78 is 13.5. The Morgan fingerprint density at radius 3 is 2.44 bits per heavy atom. The molecule has 0 amide bonds. The summed E-state index contributed by atoms with van der Waals surface area (Å²) in [6.45, 7) is 4.50. The van der Waals surface area contributed by atoms with Crippen LogP contribution >= 0.6 is 11.6 Å². The van der Waals surface area contributed by atoms with Gasteiger partial charge in [0.25, 0.3) is 0 Å². The zero-order chi connectivity index (χ0) is 19.4. The number of hydrogen-bond donors (Lipinski definition) is 0. The predicted molar refractivity (Wildman–Crippen MR) is 112 cm³/mol. The Hall–Kier alpha value is -2.00. The van der Waals surface area contributed by atoms with Gasteiger partial charge in [0.2, 0.25) is 5.69 Å². The molecule has 0 bridgehead atoms. The third kappa shape index (κ3) is 3.98. The highest BCUT2D eigenvalue weighted by Gasteiger charge is 2.34. The average molecular weight is 387 g/mol. The quantitative estimate of drug-likeness (QED) is 0.429. The number of unbranched alkanes of at least 4 members (excludes halogenated alkanes) is 2. The fourth-order valence-electron chi connectivity index (χ4n) is 3.99. The number of nitrogens with zero attached hydrogens (tertiary/aromatic N) is 1. The Kier molecular flexibility index (Phi) is 6.43. The van der Waals surface area contributed by atoms with E-state index in [2.05, 4.69) is 42.7 Å². The number of benzene rings is 2. The minimum absolute atomic E-state index is 0.326. The Labute approximate surface area is 167 Å². The van der Waals surface area contributed by atoms with E-state index in [-0.39, 0.29) is 0 Å². The third-order valence-corrected chi connectivity index (χ3v) is 5.62. The minimum Gasteiger partial charge on any atom is -0.493 e. The molecule has 1 aliphatic heterocycles. The number of rotatable bonds is 7. The molecule has 2 aromatic rings. The molecule has 2 aromatic carbocycles. The van der Waals surface area contributed by atoms with Crippen molar-refractivity contribution in [1.82, 2.24) is 0 Å². The van der Waals surface area contributed by atoms with Crippen LogP contribution in [0.3, 0.4) is 0 Å². The molecule has 0 aliphatic carbocycles. The van der Waals surface area contributed by atoms with Crippen LogP contribution < -0.4 is 9.47 Å². The van der Waals surface area contributed by atoms with Gasteiger partial charge in [0.05, 0.1) is 14.2 Å². The monoisotopic (exact) mass is 386 g/mol. The molecule has 0 fully saturated rings. The van der Waals surface area contributed by atoms with E-state index in [1.54, 1.807) is 14.2 Å². The Bertz CT molecular complexity index is 844. The summed E-state index contributed by atoms with van der Waals surface area (Å²) in [5.41, 5.74) is 4.97. The lowest BCUT2D eigenvalue weighted by Crippen LogP contribution is -2.34. The smallest absolute Gasteiger partial charge is 0.224 e. The topological polar surface area (TPSA) is 21.5 Å². The minimum atomic E-state index is 0.326. The number of methoxy groups -OCH3 is 2. The summed E-state index contributed by atoms with van der Waals surface area (Å²) in [4.78, 5) is 0. The van der Waals surface area contributed by atoms with Crippen molar-refractivity contribution in [2.45, 2.75) is 52.0 Å². The van der Waals surface area contributed by atoms with Crippen LogP contribution in [0.15, 0.2) is 36.4 Å². The van der Waals surface area contributed by atoms with E-state index in [9.17, 15) is 0 Å². The van der Waals surface area contributed by atoms with Gasteiger partial charge in [-0.2, -0.15) is 4.58 Å². The van der Waals surface area contributed by atoms with Crippen molar-refractivity contribution in [2.24, 2.45) is 0 Å². The molecule has 27 heavy (non-hydrogen) atoms. The van der Waals surface area contributed by atoms with Crippen LogP contribution in [0, 0.1) is 0 Å². The van der Waals surface area contributed by atoms with Crippen molar-refractivity contribution in [3.05, 3.63) is 52.5 Å². The second-order valence-corrected chi connectivity index (χ2v) is 7.55. The Morgan fingerprint density at radius 2 is 1.78 bits per heavy atom. The van der Waals surface area contributed by atoms with Gasteiger partial charge in [-0.15, -0.1) is 0 Å². The van der Waals surface area contributed by atoms with Gasteiger partial charge in [0.1, 0.15) is 5.02 Å². The molecule has 144 valence electrons. The van der Waals surface area contributed by atoms with E-state index < -0.39 is 0 Å². The second kappa shape index (κ2) is 8.79. The maximum absolute atomic E-state index is 6.58. The van der Waals surface area contributed by atoms with Crippen LogP contribution in [0.5, 0.6) is 11.5 Å². The van der Waals surface area contributed by atoms with E-state index >= 15 is 0 Å². The maximum atomic E-state index is 6.58. The summed E-state index contributed by atoms with van der Waals surface area (Å²) in [5, 5.41) is 0.793. The lowest BCUT2D eigenvalue weighted by atomic mass is 9.89. The van der Waals surface area contributed by atoms with Gasteiger partial charge in [0, 0.05) is 24.5 Å². The van der Waals surface area contributed by atoms with Crippen molar-refractivity contribution in [3.8, 4) is 11.5 Å². The molecule has 1 heterocycles. The maximum Gasteiger partial charge on any atom is 0.224 e. The predicted octanol–water partition coefficient (Wildman–Crippen LogP) is 6.02. The zero-order valence-corrected chi connectivity index (χ0v) is 17.5. The number of fused-ring (bicyclic) bond motifs is 1. The van der Waals surface area contributed by atoms with Gasteiger partial charge < -0.3 is 9.47 Å². The van der Waals surface area contributed by atoms with E-state index in [0.717, 1.165) is 41.5 Å². The van der Waals surface area contributed by atoms with Crippen LogP contribution in [-0.4, -0.2) is 30.5 Å². The highest BCUT2D eigenvalue weighted by Crippen LogP contribution is 2.37. The molecule has 0 aromatic heterocycles. The van der Waals surface area contributed by atoms with Crippen LogP contribution in [0.2, 0.25) is 5.02 Å². The summed E-state index contributed by atoms with van der Waals surface area (Å²) in [5.74, 6) is 1.57. The number of ether oxygens (including phenoxy) is 2. The lowest BCUT2D eigenvalue weighted by Gasteiger charge is -2.25. The molecular formula is C23H29ClNO2+.